The molecule has 1 aromatic heterocycles. The van der Waals surface area contributed by atoms with Crippen molar-refractivity contribution in [1.29, 1.82) is 0 Å². The van der Waals surface area contributed by atoms with Crippen molar-refractivity contribution in [3.05, 3.63) is 68.1 Å². The van der Waals surface area contributed by atoms with Crippen LogP contribution < -0.4 is 25.9 Å². The van der Waals surface area contributed by atoms with Crippen LogP contribution in [-0.2, 0) is 42.1 Å². The fourth-order valence-corrected chi connectivity index (χ4v) is 4.91. The summed E-state index contributed by atoms with van der Waals surface area (Å²) in [5, 5.41) is 1.82. The van der Waals surface area contributed by atoms with Gasteiger partial charge in [-0.1, -0.05) is 31.2 Å². The second-order valence-corrected chi connectivity index (χ2v) is 9.09. The molecule has 11 heteroatoms. The lowest BCUT2D eigenvalue weighted by molar-refractivity contribution is -0.348. The van der Waals surface area contributed by atoms with Crippen LogP contribution in [0.4, 0.5) is 0 Å². The number of benzene rings is 1. The smallest absolute Gasteiger partial charge is 0.343 e. The van der Waals surface area contributed by atoms with Gasteiger partial charge in [-0.3, -0.25) is 9.79 Å². The van der Waals surface area contributed by atoms with E-state index in [4.69, 9.17) is 14.5 Å². The Kier molecular flexibility index (Phi) is 4.96. The van der Waals surface area contributed by atoms with Crippen LogP contribution in [0.2, 0.25) is 0 Å². The number of esters is 1. The minimum Gasteiger partial charge on any atom is -0.790 e. The number of nitrogens with zero attached hydrogens (tertiary/aromatic N) is 2. The van der Waals surface area contributed by atoms with E-state index in [1.807, 2.05) is 24.3 Å². The van der Waals surface area contributed by atoms with Crippen molar-refractivity contribution in [3.8, 4) is 0 Å². The lowest BCUT2D eigenvalue weighted by atomic mass is 9.85. The quantitative estimate of drug-likeness (QED) is 0.319. The topological polar surface area (TPSA) is 142 Å². The van der Waals surface area contributed by atoms with Gasteiger partial charge in [0.05, 0.1) is 24.8 Å². The Morgan fingerprint density at radius 2 is 2.09 bits per heavy atom. The molecule has 0 spiro atoms. The second-order valence-electron chi connectivity index (χ2n) is 7.94. The minimum absolute atomic E-state index is 0.0230. The van der Waals surface area contributed by atoms with Crippen molar-refractivity contribution in [2.24, 2.45) is 10.9 Å². The molecule has 10 nitrogen and oxygen atoms in total. The number of rotatable bonds is 5. The molecule has 32 heavy (non-hydrogen) atoms. The summed E-state index contributed by atoms with van der Waals surface area (Å²) >= 11 is 0. The summed E-state index contributed by atoms with van der Waals surface area (Å²) in [6, 6.07) is 9.10. The van der Waals surface area contributed by atoms with Crippen molar-refractivity contribution in [1.82, 2.24) is 4.57 Å². The molecule has 3 aliphatic rings. The zero-order chi connectivity index (χ0) is 22.7. The molecule has 0 N–H and O–H groups in total. The summed E-state index contributed by atoms with van der Waals surface area (Å²) in [7, 11) is -5.31. The summed E-state index contributed by atoms with van der Waals surface area (Å²) in [4.78, 5) is 52.6. The third-order valence-corrected chi connectivity index (χ3v) is 6.69. The summed E-state index contributed by atoms with van der Waals surface area (Å²) in [6.45, 7) is 0.878. The van der Waals surface area contributed by atoms with Crippen LogP contribution in [0.1, 0.15) is 36.2 Å². The molecule has 5 rings (SSSR count). The van der Waals surface area contributed by atoms with E-state index in [0.717, 1.165) is 10.6 Å². The van der Waals surface area contributed by atoms with Gasteiger partial charge in [-0.05, 0) is 23.8 Å². The first-order chi connectivity index (χ1) is 15.2. The van der Waals surface area contributed by atoms with Gasteiger partial charge < -0.3 is 32.9 Å². The first-order valence-corrected chi connectivity index (χ1v) is 11.6. The van der Waals surface area contributed by atoms with E-state index < -0.39 is 26.2 Å². The third kappa shape index (κ3) is 3.27. The molecule has 0 amide bonds. The molecule has 0 bridgehead atoms. The molecule has 168 valence electrons. The van der Waals surface area contributed by atoms with Gasteiger partial charge in [0.15, 0.2) is 12.4 Å². The normalized spacial score (nSPS) is 25.5. The zero-order valence-corrected chi connectivity index (χ0v) is 17.9. The predicted octanol–water partition coefficient (Wildman–Crippen LogP) is -0.885. The van der Waals surface area contributed by atoms with Gasteiger partial charge in [0.25, 0.3) is 5.56 Å². The van der Waals surface area contributed by atoms with Crippen LogP contribution in [0, 0.1) is 5.92 Å². The Bertz CT molecular complexity index is 1350. The van der Waals surface area contributed by atoms with E-state index in [0.29, 0.717) is 12.2 Å². The molecule has 2 unspecified atom stereocenters. The Labute approximate surface area is 182 Å². The zero-order valence-electron chi connectivity index (χ0n) is 17.1. The monoisotopic (exact) mass is 458 g/mol. The van der Waals surface area contributed by atoms with Crippen LogP contribution in [0.25, 0.3) is 6.08 Å². The van der Waals surface area contributed by atoms with Gasteiger partial charge >= 0.3 is 5.97 Å². The van der Waals surface area contributed by atoms with Crippen LogP contribution in [0.15, 0.2) is 40.1 Å². The summed E-state index contributed by atoms with van der Waals surface area (Å²) in [5.74, 6) is -0.802. The van der Waals surface area contributed by atoms with E-state index in [1.165, 1.54) is 0 Å². The molecule has 3 aliphatic heterocycles. The number of carbonyl (C=O) groups is 1. The van der Waals surface area contributed by atoms with Crippen LogP contribution in [0.5, 0.6) is 0 Å². The predicted molar refractivity (Wildman–Crippen MR) is 105 cm³/mol. The maximum atomic E-state index is 13.3. The van der Waals surface area contributed by atoms with Gasteiger partial charge in [-0.25, -0.2) is 4.79 Å². The Morgan fingerprint density at radius 3 is 2.84 bits per heavy atom. The Morgan fingerprint density at radius 1 is 1.31 bits per heavy atom. The summed E-state index contributed by atoms with van der Waals surface area (Å²) in [6.07, 6.45) is 2.13. The van der Waals surface area contributed by atoms with E-state index in [2.05, 4.69) is 10.6 Å². The molecule has 3 atom stereocenters. The van der Waals surface area contributed by atoms with Crippen LogP contribution in [0.3, 0.4) is 0 Å². The van der Waals surface area contributed by atoms with Crippen molar-refractivity contribution in [2.75, 3.05) is 6.79 Å². The largest absolute Gasteiger partial charge is 0.790 e. The van der Waals surface area contributed by atoms with Gasteiger partial charge in [0.2, 0.25) is 0 Å². The van der Waals surface area contributed by atoms with Gasteiger partial charge in [0.1, 0.15) is 6.61 Å². The molecule has 4 heterocycles. The average molecular weight is 458 g/mol. The lowest BCUT2D eigenvalue weighted by Gasteiger charge is -2.37. The summed E-state index contributed by atoms with van der Waals surface area (Å²) in [5.41, 5.74) is -0.907. The highest BCUT2D eigenvalue weighted by molar-refractivity contribution is 7.43. The second kappa shape index (κ2) is 7.47. The van der Waals surface area contributed by atoms with Gasteiger partial charge in [-0.15, -0.1) is 0 Å². The van der Waals surface area contributed by atoms with Crippen molar-refractivity contribution < 1.29 is 33.1 Å². The molecule has 0 saturated carbocycles. The number of phosphoric ester groups is 1. The number of cyclic esters (lactones) is 1. The highest BCUT2D eigenvalue weighted by Crippen LogP contribution is 2.42. The third-order valence-electron chi connectivity index (χ3n) is 6.27. The standard InChI is InChI=1S/C21H21N2O8P/c1-2-21(30-11-31-32(26,27)28)15-8-17-18-13(7-12-5-3-4-6-16(12)22-18)9-23(17)19(24)14(15)10-29-20(21)25/h3-8,13,18H,2,9-11H2,1H3,(H2,26,27,28)/p-2/t13?,18?,21-/m0/s1. The maximum absolute atomic E-state index is 13.3. The molecule has 0 radical (unpaired) electrons. The van der Waals surface area contributed by atoms with Crippen LogP contribution >= 0.6 is 7.82 Å². The van der Waals surface area contributed by atoms with Crippen LogP contribution in [-0.4, -0.2) is 17.3 Å². The number of phosphoric acid groups is 1. The number of hydrogen-bond acceptors (Lipinski definition) is 9. The number of pyridine rings is 1. The molecular formula is C21H19N2O8P-2. The van der Waals surface area contributed by atoms with E-state index >= 15 is 0 Å². The fraction of sp³-hybridized carbons (Fsp3) is 0.381. The molecular weight excluding hydrogens is 439 g/mol. The van der Waals surface area contributed by atoms with E-state index in [-0.39, 0.29) is 41.7 Å². The Balaban J connectivity index is 1.63. The first-order valence-electron chi connectivity index (χ1n) is 10.1. The number of hydrogen-bond donors (Lipinski definition) is 0. The maximum Gasteiger partial charge on any atom is 0.343 e. The molecule has 2 aromatic rings. The van der Waals surface area contributed by atoms with Crippen molar-refractivity contribution in [2.45, 2.75) is 38.1 Å². The SMILES string of the molecule is CC[C@@]1(OCOP(=O)([O-])[O-])C(=O)OCc2c1cc1n(c2=O)CC2C=c3ccccc3=NC12. The average Bonchev–Trinajstić information content (AvgIpc) is 3.11. The number of carbonyl (C=O) groups excluding carboxylic acids is 1. The van der Waals surface area contributed by atoms with Gasteiger partial charge in [0, 0.05) is 23.7 Å². The first kappa shape index (κ1) is 21.2. The highest BCUT2D eigenvalue weighted by Gasteiger charge is 2.49. The van der Waals surface area contributed by atoms with Gasteiger partial charge in [-0.2, -0.15) is 0 Å². The lowest BCUT2D eigenvalue weighted by Crippen LogP contribution is -2.47. The summed E-state index contributed by atoms with van der Waals surface area (Å²) < 4.78 is 27.4. The molecule has 0 aliphatic carbocycles. The highest BCUT2D eigenvalue weighted by atomic mass is 31.2. The number of para-hydroxylation sites is 1. The van der Waals surface area contributed by atoms with E-state index in [9.17, 15) is 23.9 Å². The number of fused-ring (bicyclic) bond motifs is 5. The van der Waals surface area contributed by atoms with Crippen molar-refractivity contribution >= 4 is 19.9 Å². The fourth-order valence-electron chi connectivity index (χ4n) is 4.73. The molecule has 0 fully saturated rings. The van der Waals surface area contributed by atoms with E-state index in [1.54, 1.807) is 17.6 Å². The molecule has 1 aromatic carbocycles. The Hall–Kier alpha value is -2.62. The number of aromatic nitrogens is 1. The molecule has 0 saturated heterocycles. The minimum atomic E-state index is -5.31. The number of ether oxygens (including phenoxy) is 2. The van der Waals surface area contributed by atoms with Crippen molar-refractivity contribution in [3.63, 3.8) is 0 Å².